The third kappa shape index (κ3) is 2.24. The quantitative estimate of drug-likeness (QED) is 0.715. The van der Waals surface area contributed by atoms with E-state index in [0.29, 0.717) is 11.4 Å². The van der Waals surface area contributed by atoms with Gasteiger partial charge < -0.3 is 10.5 Å². The maximum absolute atomic E-state index is 13.7. The first-order chi connectivity index (χ1) is 9.13. The number of ether oxygens (including phenoxy) is 1. The zero-order valence-corrected chi connectivity index (χ0v) is 11.0. The molecule has 0 bridgehead atoms. The van der Waals surface area contributed by atoms with Crippen LogP contribution in [0.4, 0.5) is 10.1 Å². The number of nitrogens with two attached hydrogens (primary N) is 1. The summed E-state index contributed by atoms with van der Waals surface area (Å²) in [6.45, 7) is 2.00. The smallest absolute Gasteiger partial charge is 0.167 e. The molecule has 0 saturated heterocycles. The van der Waals surface area contributed by atoms with Gasteiger partial charge in [0.1, 0.15) is 5.75 Å². The summed E-state index contributed by atoms with van der Waals surface area (Å²) >= 11 is 1.57. The number of aromatic nitrogens is 1. The third-order valence-electron chi connectivity index (χ3n) is 2.67. The summed E-state index contributed by atoms with van der Waals surface area (Å²) in [7, 11) is 0. The van der Waals surface area contributed by atoms with E-state index in [2.05, 4.69) is 4.98 Å². The highest BCUT2D eigenvalue weighted by molar-refractivity contribution is 7.19. The van der Waals surface area contributed by atoms with Crippen LogP contribution in [0.25, 0.3) is 10.2 Å². The summed E-state index contributed by atoms with van der Waals surface area (Å²) in [5.74, 6) is 0.290. The van der Waals surface area contributed by atoms with Gasteiger partial charge in [-0.05, 0) is 25.1 Å². The van der Waals surface area contributed by atoms with Crippen molar-refractivity contribution in [3.05, 3.63) is 47.2 Å². The number of hydrogen-bond acceptors (Lipinski definition) is 4. The zero-order valence-electron chi connectivity index (χ0n) is 10.2. The second-order valence-electron chi connectivity index (χ2n) is 4.17. The molecule has 0 aliphatic rings. The van der Waals surface area contributed by atoms with Crippen LogP contribution in [-0.2, 0) is 0 Å². The molecule has 5 heteroatoms. The number of nitrogen functional groups attached to an aromatic ring is 1. The Balaban J connectivity index is 2.05. The van der Waals surface area contributed by atoms with E-state index in [1.165, 1.54) is 12.1 Å². The lowest BCUT2D eigenvalue weighted by molar-refractivity contribution is 0.447. The molecule has 19 heavy (non-hydrogen) atoms. The van der Waals surface area contributed by atoms with E-state index >= 15 is 0 Å². The lowest BCUT2D eigenvalue weighted by Crippen LogP contribution is -1.91. The van der Waals surface area contributed by atoms with Crippen LogP contribution in [0.3, 0.4) is 0 Å². The number of rotatable bonds is 2. The van der Waals surface area contributed by atoms with Crippen molar-refractivity contribution in [2.24, 2.45) is 0 Å². The minimum atomic E-state index is -0.474. The van der Waals surface area contributed by atoms with Gasteiger partial charge in [0.25, 0.3) is 0 Å². The van der Waals surface area contributed by atoms with Crippen molar-refractivity contribution in [1.82, 2.24) is 4.98 Å². The van der Waals surface area contributed by atoms with Crippen molar-refractivity contribution in [2.45, 2.75) is 6.92 Å². The first-order valence-electron chi connectivity index (χ1n) is 5.71. The SMILES string of the molecule is Cc1cc2nccc(Oc3ccc(N)cc3F)c2s1. The Labute approximate surface area is 113 Å². The molecular weight excluding hydrogens is 263 g/mol. The highest BCUT2D eigenvalue weighted by atomic mass is 32.1. The molecule has 3 aromatic rings. The molecule has 2 N–H and O–H groups in total. The first-order valence-corrected chi connectivity index (χ1v) is 6.53. The highest BCUT2D eigenvalue weighted by Crippen LogP contribution is 2.35. The summed E-state index contributed by atoms with van der Waals surface area (Å²) in [4.78, 5) is 5.39. The van der Waals surface area contributed by atoms with Crippen molar-refractivity contribution in [1.29, 1.82) is 0 Å². The van der Waals surface area contributed by atoms with Crippen molar-refractivity contribution in [3.63, 3.8) is 0 Å². The van der Waals surface area contributed by atoms with Crippen LogP contribution in [-0.4, -0.2) is 4.98 Å². The molecule has 2 aromatic heterocycles. The predicted molar refractivity (Wildman–Crippen MR) is 75.2 cm³/mol. The topological polar surface area (TPSA) is 48.1 Å². The Morgan fingerprint density at radius 3 is 2.84 bits per heavy atom. The number of fused-ring (bicyclic) bond motifs is 1. The van der Waals surface area contributed by atoms with Crippen LogP contribution >= 0.6 is 11.3 Å². The molecule has 1 aromatic carbocycles. The average molecular weight is 274 g/mol. The number of aryl methyl sites for hydroxylation is 1. The lowest BCUT2D eigenvalue weighted by Gasteiger charge is -2.07. The minimum Gasteiger partial charge on any atom is -0.453 e. The number of thiophene rings is 1. The molecule has 2 heterocycles. The molecule has 0 saturated carbocycles. The van der Waals surface area contributed by atoms with Crippen LogP contribution in [0, 0.1) is 12.7 Å². The molecule has 0 radical (unpaired) electrons. The fraction of sp³-hybridized carbons (Fsp3) is 0.0714. The van der Waals surface area contributed by atoms with E-state index in [0.717, 1.165) is 15.1 Å². The third-order valence-corrected chi connectivity index (χ3v) is 3.73. The van der Waals surface area contributed by atoms with Gasteiger partial charge >= 0.3 is 0 Å². The van der Waals surface area contributed by atoms with Crippen molar-refractivity contribution in [3.8, 4) is 11.5 Å². The molecule has 0 aliphatic heterocycles. The van der Waals surface area contributed by atoms with Crippen LogP contribution in [0.1, 0.15) is 4.88 Å². The molecule has 0 amide bonds. The van der Waals surface area contributed by atoms with Crippen LogP contribution < -0.4 is 10.5 Å². The van der Waals surface area contributed by atoms with E-state index in [1.807, 2.05) is 13.0 Å². The molecular formula is C14H11FN2OS. The molecule has 0 fully saturated rings. The van der Waals surface area contributed by atoms with Crippen molar-refractivity contribution < 1.29 is 9.13 Å². The van der Waals surface area contributed by atoms with Gasteiger partial charge in [-0.1, -0.05) is 0 Å². The Morgan fingerprint density at radius 1 is 1.21 bits per heavy atom. The molecule has 3 nitrogen and oxygen atoms in total. The minimum absolute atomic E-state index is 0.160. The fourth-order valence-corrected chi connectivity index (χ4v) is 2.75. The molecule has 0 aliphatic carbocycles. The normalized spacial score (nSPS) is 10.8. The zero-order chi connectivity index (χ0) is 13.4. The van der Waals surface area contributed by atoms with E-state index in [9.17, 15) is 4.39 Å². The van der Waals surface area contributed by atoms with Crippen molar-refractivity contribution >= 4 is 27.2 Å². The van der Waals surface area contributed by atoms with E-state index in [-0.39, 0.29) is 5.75 Å². The Hall–Kier alpha value is -2.14. The number of pyridine rings is 1. The summed E-state index contributed by atoms with van der Waals surface area (Å²) in [5, 5.41) is 0. The van der Waals surface area contributed by atoms with E-state index in [1.54, 1.807) is 29.7 Å². The monoisotopic (exact) mass is 274 g/mol. The fourth-order valence-electron chi connectivity index (χ4n) is 1.83. The van der Waals surface area contributed by atoms with Crippen LogP contribution in [0.15, 0.2) is 36.5 Å². The van der Waals surface area contributed by atoms with Gasteiger partial charge in [-0.25, -0.2) is 4.39 Å². The van der Waals surface area contributed by atoms with Gasteiger partial charge in [0, 0.05) is 28.9 Å². The maximum atomic E-state index is 13.7. The molecule has 0 unspecified atom stereocenters. The van der Waals surface area contributed by atoms with Crippen molar-refractivity contribution in [2.75, 3.05) is 5.73 Å². The number of halogens is 1. The van der Waals surface area contributed by atoms with E-state index < -0.39 is 5.82 Å². The molecule has 0 atom stereocenters. The molecule has 3 rings (SSSR count). The summed E-state index contributed by atoms with van der Waals surface area (Å²) < 4.78 is 20.3. The largest absolute Gasteiger partial charge is 0.453 e. The Bertz CT molecular complexity index is 754. The second-order valence-corrected chi connectivity index (χ2v) is 5.43. The van der Waals surface area contributed by atoms with Crippen LogP contribution in [0.5, 0.6) is 11.5 Å². The number of benzene rings is 1. The summed E-state index contributed by atoms with van der Waals surface area (Å²) in [5.41, 5.74) is 6.74. The Kier molecular flexibility index (Phi) is 2.83. The Morgan fingerprint density at radius 2 is 2.05 bits per heavy atom. The van der Waals surface area contributed by atoms with Gasteiger partial charge in [-0.3, -0.25) is 4.98 Å². The first kappa shape index (κ1) is 11.9. The summed E-state index contributed by atoms with van der Waals surface area (Å²) in [6.07, 6.45) is 1.65. The molecule has 0 spiro atoms. The van der Waals surface area contributed by atoms with Gasteiger partial charge in [0.15, 0.2) is 11.6 Å². The number of anilines is 1. The second kappa shape index (κ2) is 4.51. The highest BCUT2D eigenvalue weighted by Gasteiger charge is 2.10. The maximum Gasteiger partial charge on any atom is 0.167 e. The predicted octanol–water partition coefficient (Wildman–Crippen LogP) is 4.12. The lowest BCUT2D eigenvalue weighted by atomic mass is 10.3. The standard InChI is InChI=1S/C14H11FN2OS/c1-8-6-11-14(19-8)13(4-5-17-11)18-12-3-2-9(16)7-10(12)15/h2-7H,16H2,1H3. The van der Waals surface area contributed by atoms with Crippen LogP contribution in [0.2, 0.25) is 0 Å². The van der Waals surface area contributed by atoms with Gasteiger partial charge in [0.2, 0.25) is 0 Å². The van der Waals surface area contributed by atoms with Gasteiger partial charge in [0.05, 0.1) is 10.2 Å². The number of hydrogen-bond donors (Lipinski definition) is 1. The number of nitrogens with zero attached hydrogens (tertiary/aromatic N) is 1. The van der Waals surface area contributed by atoms with Gasteiger partial charge in [-0.15, -0.1) is 11.3 Å². The summed E-state index contributed by atoms with van der Waals surface area (Å²) in [6, 6.07) is 8.08. The van der Waals surface area contributed by atoms with E-state index in [4.69, 9.17) is 10.5 Å². The van der Waals surface area contributed by atoms with Gasteiger partial charge in [-0.2, -0.15) is 0 Å². The molecule has 96 valence electrons. The average Bonchev–Trinajstić information content (AvgIpc) is 2.74.